The lowest BCUT2D eigenvalue weighted by molar-refractivity contribution is -0.140. The Morgan fingerprint density at radius 2 is 2.00 bits per heavy atom. The van der Waals surface area contributed by atoms with Crippen LogP contribution in [0.25, 0.3) is 0 Å². The van der Waals surface area contributed by atoms with Crippen LogP contribution in [0.3, 0.4) is 0 Å². The van der Waals surface area contributed by atoms with E-state index in [2.05, 4.69) is 0 Å². The highest BCUT2D eigenvalue weighted by molar-refractivity contribution is 7.89. The number of halogens is 1. The fourth-order valence-corrected chi connectivity index (χ4v) is 3.18. The van der Waals surface area contributed by atoms with Gasteiger partial charge in [0, 0.05) is 12.1 Å². The third-order valence-corrected chi connectivity index (χ3v) is 5.26. The Labute approximate surface area is 111 Å². The quantitative estimate of drug-likeness (QED) is 0.917. The van der Waals surface area contributed by atoms with Crippen LogP contribution in [-0.4, -0.2) is 36.9 Å². The third-order valence-electron chi connectivity index (χ3n) is 2.78. The number of hydrogen-bond acceptors (Lipinski definition) is 3. The molecule has 0 aliphatic carbocycles. The van der Waals surface area contributed by atoms with Crippen LogP contribution in [0.2, 0.25) is 5.02 Å². The van der Waals surface area contributed by atoms with Crippen molar-refractivity contribution in [3.63, 3.8) is 0 Å². The minimum atomic E-state index is -3.87. The molecular weight excluding hydrogens is 278 g/mol. The number of carbonyl (C=O) groups is 1. The van der Waals surface area contributed by atoms with Crippen LogP contribution in [0.15, 0.2) is 23.1 Å². The Hall–Kier alpha value is -1.11. The SMILES string of the molecule is Cc1c(Cl)cccc1S(=O)(=O)N(C)C(C)C(=O)O. The smallest absolute Gasteiger partial charge is 0.321 e. The van der Waals surface area contributed by atoms with E-state index in [1.165, 1.54) is 26.1 Å². The molecule has 0 heterocycles. The normalized spacial score (nSPS) is 13.6. The highest BCUT2D eigenvalue weighted by Crippen LogP contribution is 2.25. The molecule has 1 unspecified atom stereocenters. The van der Waals surface area contributed by atoms with Gasteiger partial charge in [-0.1, -0.05) is 17.7 Å². The second-order valence-corrected chi connectivity index (χ2v) is 6.27. The lowest BCUT2D eigenvalue weighted by Gasteiger charge is -2.22. The van der Waals surface area contributed by atoms with Crippen LogP contribution < -0.4 is 0 Å². The molecule has 5 nitrogen and oxygen atoms in total. The number of sulfonamides is 1. The van der Waals surface area contributed by atoms with Gasteiger partial charge < -0.3 is 5.11 Å². The van der Waals surface area contributed by atoms with Gasteiger partial charge in [0.05, 0.1) is 4.90 Å². The molecule has 7 heteroatoms. The summed E-state index contributed by atoms with van der Waals surface area (Å²) >= 11 is 5.87. The zero-order valence-electron chi connectivity index (χ0n) is 10.2. The van der Waals surface area contributed by atoms with Crippen molar-refractivity contribution in [1.29, 1.82) is 0 Å². The number of likely N-dealkylation sites (N-methyl/N-ethyl adjacent to an activating group) is 1. The number of benzene rings is 1. The van der Waals surface area contributed by atoms with E-state index in [4.69, 9.17) is 16.7 Å². The average molecular weight is 292 g/mol. The van der Waals surface area contributed by atoms with Crippen LogP contribution in [0.4, 0.5) is 0 Å². The van der Waals surface area contributed by atoms with Crippen LogP contribution in [0.5, 0.6) is 0 Å². The van der Waals surface area contributed by atoms with Crippen molar-refractivity contribution in [2.24, 2.45) is 0 Å². The van der Waals surface area contributed by atoms with Gasteiger partial charge in [-0.15, -0.1) is 0 Å². The van der Waals surface area contributed by atoms with Gasteiger partial charge in [0.2, 0.25) is 10.0 Å². The Balaban J connectivity index is 3.30. The van der Waals surface area contributed by atoms with Crippen molar-refractivity contribution in [1.82, 2.24) is 4.31 Å². The van der Waals surface area contributed by atoms with Gasteiger partial charge in [0.15, 0.2) is 0 Å². The molecule has 1 aromatic carbocycles. The van der Waals surface area contributed by atoms with E-state index >= 15 is 0 Å². The predicted molar refractivity (Wildman–Crippen MR) is 68.2 cm³/mol. The molecule has 1 atom stereocenters. The summed E-state index contributed by atoms with van der Waals surface area (Å²) in [5.74, 6) is -1.21. The minimum absolute atomic E-state index is 0.0191. The standard InChI is InChI=1S/C11H14ClNO4S/c1-7-9(12)5-4-6-10(7)18(16,17)13(3)8(2)11(14)15/h4-6,8H,1-3H3,(H,14,15). The molecule has 0 radical (unpaired) electrons. The number of aliphatic carboxylic acids is 1. The van der Waals surface area contributed by atoms with Gasteiger partial charge in [0.1, 0.15) is 6.04 Å². The molecule has 0 aromatic heterocycles. The molecule has 18 heavy (non-hydrogen) atoms. The lowest BCUT2D eigenvalue weighted by atomic mass is 10.2. The molecule has 100 valence electrons. The molecular formula is C11H14ClNO4S. The number of rotatable bonds is 4. The van der Waals surface area contributed by atoms with Crippen molar-refractivity contribution in [3.05, 3.63) is 28.8 Å². The minimum Gasteiger partial charge on any atom is -0.480 e. The van der Waals surface area contributed by atoms with E-state index in [0.29, 0.717) is 10.6 Å². The number of nitrogens with zero attached hydrogens (tertiary/aromatic N) is 1. The molecule has 1 N–H and O–H groups in total. The van der Waals surface area contributed by atoms with E-state index in [1.54, 1.807) is 13.0 Å². The number of carboxylic acid groups (broad SMARTS) is 1. The fraction of sp³-hybridized carbons (Fsp3) is 0.364. The van der Waals surface area contributed by atoms with E-state index in [1.807, 2.05) is 0 Å². The molecule has 0 saturated heterocycles. The molecule has 0 bridgehead atoms. The lowest BCUT2D eigenvalue weighted by Crippen LogP contribution is -2.40. The Morgan fingerprint density at radius 3 is 2.50 bits per heavy atom. The first-order valence-electron chi connectivity index (χ1n) is 5.15. The van der Waals surface area contributed by atoms with Gasteiger partial charge in [-0.3, -0.25) is 4.79 Å². The maximum atomic E-state index is 12.3. The maximum Gasteiger partial charge on any atom is 0.321 e. The van der Waals surface area contributed by atoms with Crippen molar-refractivity contribution in [3.8, 4) is 0 Å². The highest BCUT2D eigenvalue weighted by atomic mass is 35.5. The van der Waals surface area contributed by atoms with Crippen LogP contribution >= 0.6 is 11.6 Å². The molecule has 1 aromatic rings. The van der Waals surface area contributed by atoms with E-state index in [0.717, 1.165) is 4.31 Å². The summed E-state index contributed by atoms with van der Waals surface area (Å²) in [6.07, 6.45) is 0. The highest BCUT2D eigenvalue weighted by Gasteiger charge is 2.30. The summed E-state index contributed by atoms with van der Waals surface area (Å²) < 4.78 is 25.3. The molecule has 0 fully saturated rings. The number of hydrogen-bond donors (Lipinski definition) is 1. The largest absolute Gasteiger partial charge is 0.480 e. The summed E-state index contributed by atoms with van der Waals surface area (Å²) in [5.41, 5.74) is 0.406. The molecule has 0 aliphatic heterocycles. The number of carboxylic acids is 1. The molecule has 0 aliphatic rings. The van der Waals surface area contributed by atoms with Gasteiger partial charge >= 0.3 is 5.97 Å². The predicted octanol–water partition coefficient (Wildman–Crippen LogP) is 1.74. The van der Waals surface area contributed by atoms with Crippen molar-refractivity contribution in [2.75, 3.05) is 7.05 Å². The van der Waals surface area contributed by atoms with Gasteiger partial charge in [-0.05, 0) is 31.5 Å². The Bertz CT molecular complexity index is 570. The molecule has 0 amide bonds. The van der Waals surface area contributed by atoms with Crippen molar-refractivity contribution in [2.45, 2.75) is 24.8 Å². The Morgan fingerprint density at radius 1 is 1.44 bits per heavy atom. The van der Waals surface area contributed by atoms with E-state index < -0.39 is 22.0 Å². The topological polar surface area (TPSA) is 74.7 Å². The fourth-order valence-electron chi connectivity index (χ4n) is 1.39. The second-order valence-electron chi connectivity index (χ2n) is 3.90. The summed E-state index contributed by atoms with van der Waals surface area (Å²) in [5, 5.41) is 9.18. The Kier molecular flexibility index (Phi) is 4.37. The summed E-state index contributed by atoms with van der Waals surface area (Å²) in [6.45, 7) is 2.88. The first kappa shape index (κ1) is 14.9. The summed E-state index contributed by atoms with van der Waals surface area (Å²) in [6, 6.07) is 3.35. The maximum absolute atomic E-state index is 12.3. The van der Waals surface area contributed by atoms with Crippen LogP contribution in [0, 0.1) is 6.92 Å². The average Bonchev–Trinajstić information content (AvgIpc) is 2.30. The van der Waals surface area contributed by atoms with Gasteiger partial charge in [-0.2, -0.15) is 4.31 Å². The molecule has 1 rings (SSSR count). The van der Waals surface area contributed by atoms with Crippen LogP contribution in [-0.2, 0) is 14.8 Å². The zero-order valence-corrected chi connectivity index (χ0v) is 11.8. The van der Waals surface area contributed by atoms with Crippen LogP contribution in [0.1, 0.15) is 12.5 Å². The first-order chi connectivity index (χ1) is 8.19. The first-order valence-corrected chi connectivity index (χ1v) is 6.97. The summed E-state index contributed by atoms with van der Waals surface area (Å²) in [7, 11) is -2.64. The van der Waals surface area contributed by atoms with Crippen molar-refractivity contribution >= 4 is 27.6 Å². The molecule has 0 saturated carbocycles. The third kappa shape index (κ3) is 2.66. The monoisotopic (exact) mass is 291 g/mol. The van der Waals surface area contributed by atoms with Gasteiger partial charge in [-0.25, -0.2) is 8.42 Å². The second kappa shape index (κ2) is 5.26. The van der Waals surface area contributed by atoms with E-state index in [-0.39, 0.29) is 4.90 Å². The van der Waals surface area contributed by atoms with Gasteiger partial charge in [0.25, 0.3) is 0 Å². The molecule has 0 spiro atoms. The summed E-state index contributed by atoms with van der Waals surface area (Å²) in [4.78, 5) is 10.9. The van der Waals surface area contributed by atoms with E-state index in [9.17, 15) is 13.2 Å². The van der Waals surface area contributed by atoms with Crippen molar-refractivity contribution < 1.29 is 18.3 Å². The zero-order chi connectivity index (χ0) is 14.1.